The summed E-state index contributed by atoms with van der Waals surface area (Å²) in [6, 6.07) is 4.89. The van der Waals surface area contributed by atoms with Gasteiger partial charge in [-0.15, -0.1) is 11.3 Å². The maximum atomic E-state index is 12.4. The molecule has 10 nitrogen and oxygen atoms in total. The molecule has 0 spiro atoms. The van der Waals surface area contributed by atoms with Gasteiger partial charge in [0.05, 0.1) is 27.7 Å². The Morgan fingerprint density at radius 3 is 2.82 bits per heavy atom. The molecular weight excluding hydrogens is 475 g/mol. The van der Waals surface area contributed by atoms with Crippen molar-refractivity contribution in [1.29, 1.82) is 0 Å². The average Bonchev–Trinajstić information content (AvgIpc) is 3.16. The first-order chi connectivity index (χ1) is 16.2. The number of fused-ring (bicyclic) bond motifs is 1. The molecule has 5 rings (SSSR count). The molecule has 4 N–H and O–H groups in total. The molecule has 0 radical (unpaired) electrons. The number of alkyl halides is 3. The van der Waals surface area contributed by atoms with E-state index in [1.807, 2.05) is 5.32 Å². The molecule has 0 atom stereocenters. The van der Waals surface area contributed by atoms with Crippen LogP contribution in [0.2, 0.25) is 0 Å². The highest BCUT2D eigenvalue weighted by atomic mass is 32.1. The highest BCUT2D eigenvalue weighted by Crippen LogP contribution is 2.27. The Morgan fingerprint density at radius 2 is 2.15 bits per heavy atom. The fourth-order valence-corrected chi connectivity index (χ4v) is 4.07. The highest BCUT2D eigenvalue weighted by Gasteiger charge is 2.28. The van der Waals surface area contributed by atoms with E-state index in [0.29, 0.717) is 26.9 Å². The molecule has 1 aliphatic rings. The van der Waals surface area contributed by atoms with Crippen LogP contribution in [0, 0.1) is 0 Å². The number of hydrogen-bond acceptors (Lipinski definition) is 7. The van der Waals surface area contributed by atoms with E-state index < -0.39 is 24.3 Å². The Bertz CT molecular complexity index is 1580. The number of nitrogens with zero attached hydrogens (tertiary/aromatic N) is 4. The van der Waals surface area contributed by atoms with Crippen LogP contribution in [0.3, 0.4) is 0 Å². The molecule has 1 fully saturated rings. The van der Waals surface area contributed by atoms with E-state index in [9.17, 15) is 27.9 Å². The lowest BCUT2D eigenvalue weighted by molar-refractivity contribution is -0.123. The van der Waals surface area contributed by atoms with Gasteiger partial charge in [-0.25, -0.2) is 9.78 Å². The Kier molecular flexibility index (Phi) is 5.23. The molecule has 0 bridgehead atoms. The fourth-order valence-electron chi connectivity index (χ4n) is 3.19. The van der Waals surface area contributed by atoms with Crippen molar-refractivity contribution in [3.8, 4) is 16.5 Å². The van der Waals surface area contributed by atoms with Gasteiger partial charge in [0.15, 0.2) is 11.1 Å². The smallest absolute Gasteiger partial charge is 0.405 e. The number of halogens is 3. The summed E-state index contributed by atoms with van der Waals surface area (Å²) in [4.78, 5) is 38.2. The SMILES string of the molecule is O=C(NCC(F)(F)F)c1ccc(-c2cc(=NC3CC3)n3ncc(=Cc4[nH]c(=O)[nH]c4O)c3n2)s1. The van der Waals surface area contributed by atoms with Crippen LogP contribution in [0.15, 0.2) is 34.2 Å². The maximum Gasteiger partial charge on any atom is 0.405 e. The predicted molar refractivity (Wildman–Crippen MR) is 115 cm³/mol. The van der Waals surface area contributed by atoms with Crippen molar-refractivity contribution >= 4 is 29.0 Å². The molecular formula is C20H16F3N7O3S. The standard InChI is InChI=1S/C20H16F3N7O3S/c21-20(22,23)8-24-18(32)14-4-3-13(34-14)11-6-15(26-10-1-2-10)30-16(27-11)9(7-25-30)5-12-17(31)29-19(33)28-12/h3-7,10,31H,1-2,8H2,(H,24,32)(H2,28,29,33). The summed E-state index contributed by atoms with van der Waals surface area (Å²) in [5.74, 6) is -1.17. The van der Waals surface area contributed by atoms with E-state index in [1.54, 1.807) is 12.1 Å². The molecule has 176 valence electrons. The minimum Gasteiger partial charge on any atom is -0.493 e. The average molecular weight is 491 g/mol. The summed E-state index contributed by atoms with van der Waals surface area (Å²) >= 11 is 0.999. The van der Waals surface area contributed by atoms with Gasteiger partial charge in [-0.1, -0.05) is 0 Å². The zero-order valence-electron chi connectivity index (χ0n) is 17.2. The molecule has 1 aliphatic carbocycles. The first-order valence-electron chi connectivity index (χ1n) is 10.1. The van der Waals surface area contributed by atoms with Crippen LogP contribution in [0.4, 0.5) is 13.2 Å². The van der Waals surface area contributed by atoms with Crippen molar-refractivity contribution < 1.29 is 23.1 Å². The second-order valence-corrected chi connectivity index (χ2v) is 8.73. The predicted octanol–water partition coefficient (Wildman–Crippen LogP) is 1.08. The van der Waals surface area contributed by atoms with E-state index in [1.165, 1.54) is 22.9 Å². The van der Waals surface area contributed by atoms with Crippen molar-refractivity contribution in [3.63, 3.8) is 0 Å². The van der Waals surface area contributed by atoms with Crippen molar-refractivity contribution in [2.24, 2.45) is 4.99 Å². The number of amides is 1. The van der Waals surface area contributed by atoms with Crippen LogP contribution in [0.5, 0.6) is 5.88 Å². The van der Waals surface area contributed by atoms with E-state index >= 15 is 0 Å². The van der Waals surface area contributed by atoms with Gasteiger partial charge in [-0.2, -0.15) is 22.8 Å². The second kappa shape index (κ2) is 8.13. The van der Waals surface area contributed by atoms with Gasteiger partial charge in [-0.3, -0.25) is 14.8 Å². The topological polar surface area (TPSA) is 141 Å². The number of carbonyl (C=O) groups is 1. The Morgan fingerprint density at radius 1 is 1.35 bits per heavy atom. The van der Waals surface area contributed by atoms with Crippen molar-refractivity contribution in [2.75, 3.05) is 6.54 Å². The molecule has 0 aliphatic heterocycles. The number of aromatic nitrogens is 5. The van der Waals surface area contributed by atoms with Crippen LogP contribution in [-0.2, 0) is 0 Å². The summed E-state index contributed by atoms with van der Waals surface area (Å²) in [6.07, 6.45) is 0.389. The number of thiophene rings is 1. The number of H-pyrrole nitrogens is 2. The molecule has 14 heteroatoms. The maximum absolute atomic E-state index is 12.4. The molecule has 0 saturated heterocycles. The van der Waals surface area contributed by atoms with E-state index in [2.05, 4.69) is 25.0 Å². The monoisotopic (exact) mass is 491 g/mol. The third-order valence-electron chi connectivity index (χ3n) is 4.91. The van der Waals surface area contributed by atoms with Crippen molar-refractivity contribution in [3.05, 3.63) is 56.2 Å². The fraction of sp³-hybridized carbons (Fsp3) is 0.250. The van der Waals surface area contributed by atoms with Gasteiger partial charge in [0.1, 0.15) is 12.2 Å². The van der Waals surface area contributed by atoms with Gasteiger partial charge in [0.25, 0.3) is 5.91 Å². The van der Waals surface area contributed by atoms with Gasteiger partial charge in [0, 0.05) is 11.3 Å². The van der Waals surface area contributed by atoms with E-state index in [0.717, 1.165) is 24.2 Å². The van der Waals surface area contributed by atoms with Crippen LogP contribution in [0.25, 0.3) is 22.3 Å². The second-order valence-electron chi connectivity index (χ2n) is 7.64. The molecule has 4 aromatic rings. The summed E-state index contributed by atoms with van der Waals surface area (Å²) in [7, 11) is 0. The Hall–Kier alpha value is -3.94. The first kappa shape index (κ1) is 21.9. The number of hydrogen-bond donors (Lipinski definition) is 4. The lowest BCUT2D eigenvalue weighted by atomic mass is 10.3. The summed E-state index contributed by atoms with van der Waals surface area (Å²) < 4.78 is 38.8. The largest absolute Gasteiger partial charge is 0.493 e. The summed E-state index contributed by atoms with van der Waals surface area (Å²) in [6.45, 7) is -1.42. The first-order valence-corrected chi connectivity index (χ1v) is 10.9. The lowest BCUT2D eigenvalue weighted by Crippen LogP contribution is -2.33. The van der Waals surface area contributed by atoms with Crippen LogP contribution in [-0.4, -0.2) is 54.3 Å². The normalized spacial score (nSPS) is 15.4. The van der Waals surface area contributed by atoms with Crippen LogP contribution < -0.4 is 21.7 Å². The molecule has 4 aromatic heterocycles. The van der Waals surface area contributed by atoms with Crippen LogP contribution >= 0.6 is 11.3 Å². The number of nitrogens with one attached hydrogen (secondary N) is 3. The van der Waals surface area contributed by atoms with Crippen molar-refractivity contribution in [1.82, 2.24) is 29.9 Å². The molecule has 4 heterocycles. The zero-order chi connectivity index (χ0) is 24.0. The number of rotatable bonds is 5. The Labute approximate surface area is 191 Å². The van der Waals surface area contributed by atoms with Gasteiger partial charge in [0.2, 0.25) is 5.88 Å². The zero-order valence-corrected chi connectivity index (χ0v) is 18.0. The minimum atomic E-state index is -4.51. The number of aromatic hydroxyl groups is 1. The molecule has 1 amide bonds. The number of carbonyl (C=O) groups excluding carboxylic acids is 1. The highest BCUT2D eigenvalue weighted by molar-refractivity contribution is 7.17. The third-order valence-corrected chi connectivity index (χ3v) is 6.02. The van der Waals surface area contributed by atoms with E-state index in [4.69, 9.17) is 0 Å². The lowest BCUT2D eigenvalue weighted by Gasteiger charge is -2.06. The van der Waals surface area contributed by atoms with E-state index in [-0.39, 0.29) is 22.5 Å². The summed E-state index contributed by atoms with van der Waals surface area (Å²) in [5, 5.41) is 16.5. The third kappa shape index (κ3) is 4.57. The number of imidazole rings is 1. The molecule has 0 aromatic carbocycles. The number of aromatic amines is 2. The minimum absolute atomic E-state index is 0.108. The van der Waals surface area contributed by atoms with Gasteiger partial charge in [-0.05, 0) is 31.1 Å². The van der Waals surface area contributed by atoms with Crippen molar-refractivity contribution in [2.45, 2.75) is 25.1 Å². The van der Waals surface area contributed by atoms with Gasteiger partial charge < -0.3 is 15.4 Å². The molecule has 0 unspecified atom stereocenters. The molecule has 1 saturated carbocycles. The summed E-state index contributed by atoms with van der Waals surface area (Å²) in [5.41, 5.74) is 0.926. The van der Waals surface area contributed by atoms with Gasteiger partial charge >= 0.3 is 11.9 Å². The molecule has 34 heavy (non-hydrogen) atoms. The Balaban J connectivity index is 1.58. The van der Waals surface area contributed by atoms with Crippen LogP contribution in [0.1, 0.15) is 28.2 Å². The quantitative estimate of drug-likeness (QED) is 0.331.